The molecular formula is C14H20N2O. The van der Waals surface area contributed by atoms with Gasteiger partial charge in [0, 0.05) is 25.9 Å². The molecule has 1 aliphatic rings. The van der Waals surface area contributed by atoms with E-state index in [1.165, 1.54) is 17.5 Å². The molecule has 1 aliphatic carbocycles. The molecule has 0 radical (unpaired) electrons. The van der Waals surface area contributed by atoms with Crippen LogP contribution in [0.15, 0.2) is 24.3 Å². The Balaban J connectivity index is 1.60. The lowest BCUT2D eigenvalue weighted by molar-refractivity contribution is -0.120. The van der Waals surface area contributed by atoms with Gasteiger partial charge in [-0.15, -0.1) is 0 Å². The molecule has 1 aromatic carbocycles. The quantitative estimate of drug-likeness (QED) is 0.729. The number of carbonyl (C=O) groups is 1. The fourth-order valence-electron chi connectivity index (χ4n) is 2.32. The Hall–Kier alpha value is -1.35. The molecule has 0 spiro atoms. The van der Waals surface area contributed by atoms with Crippen LogP contribution in [0.3, 0.4) is 0 Å². The Morgan fingerprint density at radius 2 is 2.24 bits per heavy atom. The first kappa shape index (κ1) is 12.1. The molecule has 3 nitrogen and oxygen atoms in total. The van der Waals surface area contributed by atoms with Crippen LogP contribution in [-0.2, 0) is 11.2 Å². The van der Waals surface area contributed by atoms with E-state index in [4.69, 9.17) is 0 Å². The number of hydrogen-bond donors (Lipinski definition) is 2. The molecular weight excluding hydrogens is 212 g/mol. The standard InChI is InChI=1S/C14H20N2O/c1-15-14(17)7-4-8-16-10-12-9-11-5-2-3-6-13(11)12/h2-3,5-6,12,16H,4,7-10H2,1H3,(H,15,17). The van der Waals surface area contributed by atoms with Crippen molar-refractivity contribution in [1.82, 2.24) is 10.6 Å². The first-order valence-electron chi connectivity index (χ1n) is 6.30. The highest BCUT2D eigenvalue weighted by Gasteiger charge is 2.24. The largest absolute Gasteiger partial charge is 0.359 e. The van der Waals surface area contributed by atoms with Crippen molar-refractivity contribution in [2.75, 3.05) is 20.1 Å². The first-order chi connectivity index (χ1) is 8.31. The minimum atomic E-state index is 0.126. The molecule has 0 heterocycles. The van der Waals surface area contributed by atoms with Gasteiger partial charge in [0.05, 0.1) is 0 Å². The summed E-state index contributed by atoms with van der Waals surface area (Å²) >= 11 is 0. The third-order valence-corrected chi connectivity index (χ3v) is 3.39. The summed E-state index contributed by atoms with van der Waals surface area (Å²) in [6.07, 6.45) is 2.72. The summed E-state index contributed by atoms with van der Waals surface area (Å²) in [5.74, 6) is 0.798. The molecule has 0 saturated carbocycles. The summed E-state index contributed by atoms with van der Waals surface area (Å²) in [7, 11) is 1.68. The zero-order valence-electron chi connectivity index (χ0n) is 10.3. The van der Waals surface area contributed by atoms with Gasteiger partial charge in [-0.2, -0.15) is 0 Å². The van der Waals surface area contributed by atoms with Crippen LogP contribution < -0.4 is 10.6 Å². The van der Waals surface area contributed by atoms with Gasteiger partial charge in [0.2, 0.25) is 5.91 Å². The van der Waals surface area contributed by atoms with Crippen LogP contribution in [0.5, 0.6) is 0 Å². The third-order valence-electron chi connectivity index (χ3n) is 3.39. The van der Waals surface area contributed by atoms with Gasteiger partial charge in [0.25, 0.3) is 0 Å². The van der Waals surface area contributed by atoms with Crippen LogP contribution in [0.1, 0.15) is 29.9 Å². The lowest BCUT2D eigenvalue weighted by Gasteiger charge is -2.30. The number of benzene rings is 1. The maximum atomic E-state index is 11.0. The molecule has 2 rings (SSSR count). The second-order valence-electron chi connectivity index (χ2n) is 4.58. The smallest absolute Gasteiger partial charge is 0.219 e. The molecule has 0 aliphatic heterocycles. The van der Waals surface area contributed by atoms with Crippen LogP contribution in [0.4, 0.5) is 0 Å². The topological polar surface area (TPSA) is 41.1 Å². The summed E-state index contributed by atoms with van der Waals surface area (Å²) in [5, 5.41) is 6.06. The minimum absolute atomic E-state index is 0.126. The minimum Gasteiger partial charge on any atom is -0.359 e. The van der Waals surface area contributed by atoms with E-state index >= 15 is 0 Å². The van der Waals surface area contributed by atoms with Crippen molar-refractivity contribution in [1.29, 1.82) is 0 Å². The Bertz CT molecular complexity index is 390. The predicted octanol–water partition coefficient (Wildman–Crippen LogP) is 1.44. The molecule has 0 aromatic heterocycles. The lowest BCUT2D eigenvalue weighted by Crippen LogP contribution is -2.30. The molecule has 17 heavy (non-hydrogen) atoms. The van der Waals surface area contributed by atoms with E-state index in [2.05, 4.69) is 34.9 Å². The van der Waals surface area contributed by atoms with Gasteiger partial charge < -0.3 is 10.6 Å². The van der Waals surface area contributed by atoms with Crippen molar-refractivity contribution < 1.29 is 4.79 Å². The molecule has 0 saturated heterocycles. The van der Waals surface area contributed by atoms with Crippen LogP contribution in [0, 0.1) is 0 Å². The highest BCUT2D eigenvalue weighted by atomic mass is 16.1. The third kappa shape index (κ3) is 3.07. The summed E-state index contributed by atoms with van der Waals surface area (Å²) in [4.78, 5) is 11.0. The van der Waals surface area contributed by atoms with Crippen molar-refractivity contribution in [3.8, 4) is 0 Å². The van der Waals surface area contributed by atoms with E-state index < -0.39 is 0 Å². The Labute approximate surface area is 103 Å². The molecule has 1 unspecified atom stereocenters. The summed E-state index contributed by atoms with van der Waals surface area (Å²) in [6, 6.07) is 8.63. The number of amides is 1. The van der Waals surface area contributed by atoms with E-state index in [1.807, 2.05) is 0 Å². The molecule has 92 valence electrons. The number of nitrogens with one attached hydrogen (secondary N) is 2. The normalized spacial score (nSPS) is 17.1. The molecule has 2 N–H and O–H groups in total. The average molecular weight is 232 g/mol. The highest BCUT2D eigenvalue weighted by Crippen LogP contribution is 2.33. The van der Waals surface area contributed by atoms with Gasteiger partial charge in [-0.25, -0.2) is 0 Å². The average Bonchev–Trinajstić information content (AvgIpc) is 2.33. The van der Waals surface area contributed by atoms with Gasteiger partial charge in [-0.3, -0.25) is 4.79 Å². The SMILES string of the molecule is CNC(=O)CCCNCC1Cc2ccccc21. The molecule has 1 aromatic rings. The second kappa shape index (κ2) is 5.82. The van der Waals surface area contributed by atoms with E-state index in [-0.39, 0.29) is 5.91 Å². The van der Waals surface area contributed by atoms with Crippen molar-refractivity contribution >= 4 is 5.91 Å². The van der Waals surface area contributed by atoms with Gasteiger partial charge in [-0.05, 0) is 30.5 Å². The number of hydrogen-bond acceptors (Lipinski definition) is 2. The second-order valence-corrected chi connectivity index (χ2v) is 4.58. The van der Waals surface area contributed by atoms with Gasteiger partial charge in [-0.1, -0.05) is 24.3 Å². The predicted molar refractivity (Wildman–Crippen MR) is 69.1 cm³/mol. The van der Waals surface area contributed by atoms with Crippen LogP contribution in [0.25, 0.3) is 0 Å². The number of rotatable bonds is 6. The molecule has 0 bridgehead atoms. The van der Waals surface area contributed by atoms with Gasteiger partial charge in [0.15, 0.2) is 0 Å². The van der Waals surface area contributed by atoms with Crippen LogP contribution in [0.2, 0.25) is 0 Å². The molecule has 1 atom stereocenters. The monoisotopic (exact) mass is 232 g/mol. The first-order valence-corrected chi connectivity index (χ1v) is 6.30. The van der Waals surface area contributed by atoms with Crippen molar-refractivity contribution in [2.45, 2.75) is 25.2 Å². The zero-order valence-corrected chi connectivity index (χ0v) is 10.3. The van der Waals surface area contributed by atoms with E-state index in [0.29, 0.717) is 12.3 Å². The van der Waals surface area contributed by atoms with Crippen LogP contribution >= 0.6 is 0 Å². The Kier molecular flexibility index (Phi) is 4.15. The molecule has 3 heteroatoms. The summed E-state index contributed by atoms with van der Waals surface area (Å²) in [6.45, 7) is 1.96. The summed E-state index contributed by atoms with van der Waals surface area (Å²) in [5.41, 5.74) is 2.98. The highest BCUT2D eigenvalue weighted by molar-refractivity contribution is 5.75. The maximum absolute atomic E-state index is 11.0. The van der Waals surface area contributed by atoms with E-state index in [0.717, 1.165) is 19.5 Å². The zero-order chi connectivity index (χ0) is 12.1. The Morgan fingerprint density at radius 3 is 3.00 bits per heavy atom. The number of fused-ring (bicyclic) bond motifs is 1. The van der Waals surface area contributed by atoms with E-state index in [1.54, 1.807) is 7.05 Å². The molecule has 0 fully saturated rings. The van der Waals surface area contributed by atoms with Crippen molar-refractivity contribution in [3.05, 3.63) is 35.4 Å². The Morgan fingerprint density at radius 1 is 1.41 bits per heavy atom. The fourth-order valence-corrected chi connectivity index (χ4v) is 2.32. The summed E-state index contributed by atoms with van der Waals surface area (Å²) < 4.78 is 0. The maximum Gasteiger partial charge on any atom is 0.219 e. The van der Waals surface area contributed by atoms with Gasteiger partial charge in [0.1, 0.15) is 0 Å². The lowest BCUT2D eigenvalue weighted by atomic mass is 9.77. The fraction of sp³-hybridized carbons (Fsp3) is 0.500. The number of carbonyl (C=O) groups excluding carboxylic acids is 1. The van der Waals surface area contributed by atoms with E-state index in [9.17, 15) is 4.79 Å². The van der Waals surface area contributed by atoms with Gasteiger partial charge >= 0.3 is 0 Å². The van der Waals surface area contributed by atoms with Crippen molar-refractivity contribution in [3.63, 3.8) is 0 Å². The van der Waals surface area contributed by atoms with Crippen LogP contribution in [-0.4, -0.2) is 26.0 Å². The van der Waals surface area contributed by atoms with Crippen molar-refractivity contribution in [2.24, 2.45) is 0 Å². The molecule has 1 amide bonds.